The van der Waals surface area contributed by atoms with Crippen molar-refractivity contribution in [3.8, 4) is 0 Å². The van der Waals surface area contributed by atoms with E-state index in [-0.39, 0.29) is 10.4 Å². The van der Waals surface area contributed by atoms with Crippen LogP contribution in [0.15, 0.2) is 18.2 Å². The molecular weight excluding hydrogens is 264 g/mol. The van der Waals surface area contributed by atoms with Gasteiger partial charge >= 0.3 is 0 Å². The van der Waals surface area contributed by atoms with E-state index in [1.807, 2.05) is 18.0 Å². The molecule has 2 nitrogen and oxygen atoms in total. The minimum Gasteiger partial charge on any atom is -0.383 e. The first-order valence-electron chi connectivity index (χ1n) is 5.28. The molecule has 0 amide bonds. The van der Waals surface area contributed by atoms with Crippen LogP contribution in [0.1, 0.15) is 5.56 Å². The fraction of sp³-hybridized carbons (Fsp3) is 0.500. The van der Waals surface area contributed by atoms with Gasteiger partial charge in [0.2, 0.25) is 0 Å². The Bertz CT molecular complexity index is 362. The summed E-state index contributed by atoms with van der Waals surface area (Å²) in [5.74, 6) is -0.392. The molecule has 0 aromatic heterocycles. The maximum Gasteiger partial charge on any atom is 0.142 e. The Balaban J connectivity index is 2.50. The van der Waals surface area contributed by atoms with Crippen LogP contribution < -0.4 is 0 Å². The highest BCUT2D eigenvalue weighted by Crippen LogP contribution is 2.16. The molecule has 1 rings (SSSR count). The summed E-state index contributed by atoms with van der Waals surface area (Å²) < 4.78 is 18.2. The van der Waals surface area contributed by atoms with Crippen molar-refractivity contribution in [2.75, 3.05) is 27.3 Å². The molecule has 0 saturated heterocycles. The fourth-order valence-electron chi connectivity index (χ4n) is 1.59. The Morgan fingerprint density at radius 3 is 2.76 bits per heavy atom. The van der Waals surface area contributed by atoms with Crippen LogP contribution in [-0.2, 0) is 11.3 Å². The number of ether oxygens (including phenoxy) is 1. The summed E-state index contributed by atoms with van der Waals surface area (Å²) in [4.78, 5) is 2.01. The molecule has 0 saturated carbocycles. The fourth-order valence-corrected chi connectivity index (χ4v) is 2.07. The largest absolute Gasteiger partial charge is 0.383 e. The van der Waals surface area contributed by atoms with E-state index in [9.17, 15) is 4.39 Å². The van der Waals surface area contributed by atoms with Crippen molar-refractivity contribution < 1.29 is 9.13 Å². The third-order valence-corrected chi connectivity index (χ3v) is 2.86. The Morgan fingerprint density at radius 2 is 2.18 bits per heavy atom. The van der Waals surface area contributed by atoms with Gasteiger partial charge < -0.3 is 9.64 Å². The second kappa shape index (κ2) is 7.17. The van der Waals surface area contributed by atoms with Gasteiger partial charge in [0.15, 0.2) is 0 Å². The van der Waals surface area contributed by atoms with Gasteiger partial charge in [0, 0.05) is 20.2 Å². The number of hydrogen-bond donors (Lipinski definition) is 0. The number of alkyl halides is 1. The molecule has 0 heterocycles. The van der Waals surface area contributed by atoms with Gasteiger partial charge in [-0.2, -0.15) is 0 Å². The third kappa shape index (κ3) is 5.21. The molecule has 0 bridgehead atoms. The van der Waals surface area contributed by atoms with E-state index in [4.69, 9.17) is 27.9 Å². The molecule has 0 N–H and O–H groups in total. The topological polar surface area (TPSA) is 12.5 Å². The van der Waals surface area contributed by atoms with Crippen LogP contribution in [0.25, 0.3) is 0 Å². The Kier molecular flexibility index (Phi) is 6.20. The van der Waals surface area contributed by atoms with Crippen molar-refractivity contribution in [1.29, 1.82) is 0 Å². The number of rotatable bonds is 6. The average molecular weight is 280 g/mol. The summed E-state index contributed by atoms with van der Waals surface area (Å²) in [6, 6.07) is 4.81. The van der Waals surface area contributed by atoms with Gasteiger partial charge in [0.1, 0.15) is 5.82 Å². The minimum atomic E-state index is -0.392. The monoisotopic (exact) mass is 279 g/mol. The number of methoxy groups -OCH3 is 1. The molecule has 17 heavy (non-hydrogen) atoms. The number of nitrogens with zero attached hydrogens (tertiary/aromatic N) is 1. The molecule has 0 spiro atoms. The summed E-state index contributed by atoms with van der Waals surface area (Å²) in [6.45, 7) is 1.81. The van der Waals surface area contributed by atoms with Crippen molar-refractivity contribution in [3.63, 3.8) is 0 Å². The van der Waals surface area contributed by atoms with E-state index < -0.39 is 5.82 Å². The zero-order valence-corrected chi connectivity index (χ0v) is 11.4. The average Bonchev–Trinajstić information content (AvgIpc) is 2.23. The Labute approximate surface area is 111 Å². The van der Waals surface area contributed by atoms with E-state index in [1.54, 1.807) is 13.2 Å². The summed E-state index contributed by atoms with van der Waals surface area (Å²) in [5.41, 5.74) is 0.871. The summed E-state index contributed by atoms with van der Waals surface area (Å²) >= 11 is 11.7. The molecule has 0 aliphatic heterocycles. The maximum absolute atomic E-state index is 13.2. The smallest absolute Gasteiger partial charge is 0.142 e. The molecule has 5 heteroatoms. The quantitative estimate of drug-likeness (QED) is 0.742. The lowest BCUT2D eigenvalue weighted by atomic mass is 10.2. The molecule has 1 unspecified atom stereocenters. The summed E-state index contributed by atoms with van der Waals surface area (Å²) in [7, 11) is 3.54. The molecule has 96 valence electrons. The third-order valence-electron chi connectivity index (χ3n) is 2.29. The predicted octanol–water partition coefficient (Wildman–Crippen LogP) is 3.16. The first-order chi connectivity index (χ1) is 8.02. The molecule has 0 aliphatic rings. The lowest BCUT2D eigenvalue weighted by Crippen LogP contribution is -2.28. The van der Waals surface area contributed by atoms with Crippen LogP contribution in [0.5, 0.6) is 0 Å². The van der Waals surface area contributed by atoms with Crippen LogP contribution in [0.4, 0.5) is 4.39 Å². The molecule has 0 radical (unpaired) electrons. The van der Waals surface area contributed by atoms with E-state index in [1.165, 1.54) is 6.07 Å². The lowest BCUT2D eigenvalue weighted by molar-refractivity contribution is 0.181. The van der Waals surface area contributed by atoms with E-state index in [0.29, 0.717) is 19.7 Å². The molecular formula is C12H16Cl2FNO. The van der Waals surface area contributed by atoms with Crippen molar-refractivity contribution in [2.24, 2.45) is 0 Å². The second-order valence-electron chi connectivity index (χ2n) is 4.00. The summed E-state index contributed by atoms with van der Waals surface area (Å²) in [5, 5.41) is 0.0770. The molecule has 1 aromatic carbocycles. The second-order valence-corrected chi connectivity index (χ2v) is 5.02. The van der Waals surface area contributed by atoms with Gasteiger partial charge in [-0.3, -0.25) is 0 Å². The zero-order chi connectivity index (χ0) is 12.8. The van der Waals surface area contributed by atoms with Crippen LogP contribution in [0.2, 0.25) is 5.02 Å². The highest BCUT2D eigenvalue weighted by molar-refractivity contribution is 6.30. The Morgan fingerprint density at radius 1 is 1.47 bits per heavy atom. The van der Waals surface area contributed by atoms with Gasteiger partial charge in [-0.15, -0.1) is 11.6 Å². The minimum absolute atomic E-state index is 0.0675. The van der Waals surface area contributed by atoms with Crippen LogP contribution in [0.3, 0.4) is 0 Å². The van der Waals surface area contributed by atoms with Crippen LogP contribution >= 0.6 is 23.2 Å². The summed E-state index contributed by atoms with van der Waals surface area (Å²) in [6.07, 6.45) is 0. The van der Waals surface area contributed by atoms with Gasteiger partial charge in [-0.25, -0.2) is 4.39 Å². The molecule has 1 atom stereocenters. The number of hydrogen-bond acceptors (Lipinski definition) is 2. The normalized spacial score (nSPS) is 13.1. The van der Waals surface area contributed by atoms with Gasteiger partial charge in [-0.1, -0.05) is 17.7 Å². The zero-order valence-electron chi connectivity index (χ0n) is 9.92. The van der Waals surface area contributed by atoms with Crippen LogP contribution in [-0.4, -0.2) is 37.6 Å². The number of halogens is 3. The van der Waals surface area contributed by atoms with E-state index >= 15 is 0 Å². The molecule has 1 aromatic rings. The predicted molar refractivity (Wildman–Crippen MR) is 69.3 cm³/mol. The maximum atomic E-state index is 13.2. The molecule has 0 aliphatic carbocycles. The van der Waals surface area contributed by atoms with Crippen molar-refractivity contribution in [2.45, 2.75) is 11.9 Å². The first-order valence-corrected chi connectivity index (χ1v) is 6.10. The Hall–Kier alpha value is -0.350. The first kappa shape index (κ1) is 14.7. The number of benzene rings is 1. The van der Waals surface area contributed by atoms with Crippen LogP contribution in [0, 0.1) is 5.82 Å². The SMILES string of the molecule is COCC(Cl)CN(C)Cc1ccc(Cl)c(F)c1. The lowest BCUT2D eigenvalue weighted by Gasteiger charge is -2.19. The van der Waals surface area contributed by atoms with Gasteiger partial charge in [-0.05, 0) is 24.7 Å². The van der Waals surface area contributed by atoms with E-state index in [0.717, 1.165) is 5.56 Å². The van der Waals surface area contributed by atoms with Gasteiger partial charge in [0.25, 0.3) is 0 Å². The van der Waals surface area contributed by atoms with Crippen molar-refractivity contribution in [1.82, 2.24) is 4.90 Å². The van der Waals surface area contributed by atoms with Gasteiger partial charge in [0.05, 0.1) is 17.0 Å². The highest BCUT2D eigenvalue weighted by Gasteiger charge is 2.09. The standard InChI is InChI=1S/C12H16Cl2FNO/c1-16(7-10(13)8-17-2)6-9-3-4-11(14)12(15)5-9/h3-5,10H,6-8H2,1-2H3. The van der Waals surface area contributed by atoms with Crippen molar-refractivity contribution in [3.05, 3.63) is 34.6 Å². The van der Waals surface area contributed by atoms with E-state index in [2.05, 4.69) is 0 Å². The molecule has 0 fully saturated rings. The van der Waals surface area contributed by atoms with Crippen molar-refractivity contribution >= 4 is 23.2 Å². The highest BCUT2D eigenvalue weighted by atomic mass is 35.5.